The molecule has 9 heteroatoms. The standard InChI is InChI=1S/C24H23FN4O3S/c1-3-14-28(15-4-2)21(30)16-32-22(31)17-33-24-27-26-23(19-12-8-9-13-20(19)25)29(24)18-10-6-5-7-11-18/h3-13H,1-2,14-17H2. The molecule has 0 N–H and O–H groups in total. The number of carbonyl (C=O) groups is 2. The van der Waals surface area contributed by atoms with Crippen LogP contribution in [0, 0.1) is 5.82 Å². The average molecular weight is 467 g/mol. The van der Waals surface area contributed by atoms with Crippen molar-refractivity contribution in [1.82, 2.24) is 19.7 Å². The van der Waals surface area contributed by atoms with Crippen molar-refractivity contribution >= 4 is 23.6 Å². The quantitative estimate of drug-likeness (QED) is 0.242. The third-order valence-corrected chi connectivity index (χ3v) is 5.39. The van der Waals surface area contributed by atoms with Crippen LogP contribution in [0.3, 0.4) is 0 Å². The average Bonchev–Trinajstić information content (AvgIpc) is 3.25. The Balaban J connectivity index is 1.73. The van der Waals surface area contributed by atoms with E-state index in [0.717, 1.165) is 17.4 Å². The minimum atomic E-state index is -0.583. The number of benzene rings is 2. The molecule has 170 valence electrons. The maximum absolute atomic E-state index is 14.4. The summed E-state index contributed by atoms with van der Waals surface area (Å²) in [6.45, 7) is 7.49. The van der Waals surface area contributed by atoms with E-state index in [0.29, 0.717) is 29.6 Å². The summed E-state index contributed by atoms with van der Waals surface area (Å²) < 4.78 is 21.2. The Morgan fingerprint density at radius 1 is 1.03 bits per heavy atom. The second-order valence-corrected chi connectivity index (χ2v) is 7.72. The number of ether oxygens (including phenoxy) is 1. The molecule has 0 saturated heterocycles. The lowest BCUT2D eigenvalue weighted by molar-refractivity contribution is -0.149. The largest absolute Gasteiger partial charge is 0.455 e. The molecule has 0 radical (unpaired) electrons. The van der Waals surface area contributed by atoms with Gasteiger partial charge in [0, 0.05) is 18.8 Å². The summed E-state index contributed by atoms with van der Waals surface area (Å²) in [5, 5.41) is 8.71. The Kier molecular flexibility index (Phi) is 8.54. The number of thioether (sulfide) groups is 1. The van der Waals surface area contributed by atoms with Gasteiger partial charge in [0.15, 0.2) is 17.6 Å². The Labute approximate surface area is 195 Å². The molecule has 33 heavy (non-hydrogen) atoms. The van der Waals surface area contributed by atoms with Crippen LogP contribution in [-0.4, -0.2) is 57.0 Å². The fourth-order valence-corrected chi connectivity index (χ4v) is 3.73. The minimum absolute atomic E-state index is 0.0988. The van der Waals surface area contributed by atoms with E-state index in [9.17, 15) is 14.0 Å². The van der Waals surface area contributed by atoms with Gasteiger partial charge in [0.25, 0.3) is 5.91 Å². The van der Waals surface area contributed by atoms with E-state index >= 15 is 0 Å². The molecule has 0 spiro atoms. The Morgan fingerprint density at radius 2 is 1.70 bits per heavy atom. The van der Waals surface area contributed by atoms with Crippen molar-refractivity contribution in [2.45, 2.75) is 5.16 Å². The first-order valence-electron chi connectivity index (χ1n) is 10.1. The topological polar surface area (TPSA) is 77.3 Å². The van der Waals surface area contributed by atoms with Crippen LogP contribution in [0.15, 0.2) is 85.1 Å². The predicted octanol–water partition coefficient (Wildman–Crippen LogP) is 3.91. The van der Waals surface area contributed by atoms with E-state index in [2.05, 4.69) is 23.4 Å². The van der Waals surface area contributed by atoms with Crippen LogP contribution < -0.4 is 0 Å². The summed E-state index contributed by atoms with van der Waals surface area (Å²) in [5.41, 5.74) is 1.01. The number of nitrogens with zero attached hydrogens (tertiary/aromatic N) is 4. The van der Waals surface area contributed by atoms with Gasteiger partial charge in [0.1, 0.15) is 5.82 Å². The summed E-state index contributed by atoms with van der Waals surface area (Å²) >= 11 is 1.09. The number of para-hydroxylation sites is 1. The summed E-state index contributed by atoms with van der Waals surface area (Å²) in [7, 11) is 0. The molecule has 3 aromatic rings. The molecule has 7 nitrogen and oxygen atoms in total. The van der Waals surface area contributed by atoms with Gasteiger partial charge in [-0.2, -0.15) is 0 Å². The van der Waals surface area contributed by atoms with E-state index in [4.69, 9.17) is 4.74 Å². The number of carbonyl (C=O) groups excluding carboxylic acids is 2. The normalized spacial score (nSPS) is 10.5. The lowest BCUT2D eigenvalue weighted by Crippen LogP contribution is -2.35. The Morgan fingerprint density at radius 3 is 2.36 bits per heavy atom. The molecule has 0 aliphatic rings. The zero-order valence-electron chi connectivity index (χ0n) is 17.9. The van der Waals surface area contributed by atoms with E-state index in [1.54, 1.807) is 34.9 Å². The second-order valence-electron chi connectivity index (χ2n) is 6.78. The van der Waals surface area contributed by atoms with Gasteiger partial charge in [0.05, 0.1) is 11.3 Å². The van der Waals surface area contributed by atoms with Crippen molar-refractivity contribution in [3.63, 3.8) is 0 Å². The SMILES string of the molecule is C=CCN(CC=C)C(=O)COC(=O)CSc1nnc(-c2ccccc2F)n1-c1ccccc1. The van der Waals surface area contributed by atoms with Gasteiger partial charge in [-0.1, -0.05) is 54.2 Å². The van der Waals surface area contributed by atoms with E-state index in [1.165, 1.54) is 11.0 Å². The number of amides is 1. The Hall–Kier alpha value is -3.72. The van der Waals surface area contributed by atoms with Crippen LogP contribution in [0.25, 0.3) is 17.1 Å². The molecule has 1 aromatic heterocycles. The molecule has 3 rings (SSSR count). The molecule has 2 aromatic carbocycles. The molecular weight excluding hydrogens is 443 g/mol. The van der Waals surface area contributed by atoms with Crippen molar-refractivity contribution in [2.75, 3.05) is 25.4 Å². The molecule has 0 saturated carbocycles. The van der Waals surface area contributed by atoms with Crippen molar-refractivity contribution in [3.05, 3.63) is 85.7 Å². The molecule has 0 bridgehead atoms. The molecule has 1 heterocycles. The first kappa shape index (κ1) is 23.9. The van der Waals surface area contributed by atoms with Crippen LogP contribution in [0.4, 0.5) is 4.39 Å². The smallest absolute Gasteiger partial charge is 0.316 e. The fraction of sp³-hybridized carbons (Fsp3) is 0.167. The first-order chi connectivity index (χ1) is 16.0. The van der Waals surface area contributed by atoms with Gasteiger partial charge >= 0.3 is 5.97 Å². The van der Waals surface area contributed by atoms with Crippen LogP contribution in [0.5, 0.6) is 0 Å². The summed E-state index contributed by atoms with van der Waals surface area (Å²) in [6.07, 6.45) is 3.17. The predicted molar refractivity (Wildman–Crippen MR) is 125 cm³/mol. The summed E-state index contributed by atoms with van der Waals surface area (Å²) in [6, 6.07) is 15.5. The monoisotopic (exact) mass is 466 g/mol. The van der Waals surface area contributed by atoms with Crippen LogP contribution in [0.1, 0.15) is 0 Å². The van der Waals surface area contributed by atoms with Gasteiger partial charge in [-0.15, -0.1) is 23.4 Å². The van der Waals surface area contributed by atoms with Crippen LogP contribution in [-0.2, 0) is 14.3 Å². The zero-order chi connectivity index (χ0) is 23.6. The molecule has 0 aliphatic heterocycles. The third kappa shape index (κ3) is 6.17. The minimum Gasteiger partial charge on any atom is -0.455 e. The molecule has 0 unspecified atom stereocenters. The van der Waals surface area contributed by atoms with Crippen molar-refractivity contribution in [1.29, 1.82) is 0 Å². The van der Waals surface area contributed by atoms with Gasteiger partial charge in [-0.25, -0.2) is 4.39 Å². The van der Waals surface area contributed by atoms with Crippen molar-refractivity contribution < 1.29 is 18.7 Å². The van der Waals surface area contributed by atoms with Gasteiger partial charge < -0.3 is 9.64 Å². The molecule has 1 amide bonds. The van der Waals surface area contributed by atoms with Gasteiger partial charge in [-0.3, -0.25) is 14.2 Å². The van der Waals surface area contributed by atoms with Crippen molar-refractivity contribution in [3.8, 4) is 17.1 Å². The number of esters is 1. The van der Waals surface area contributed by atoms with E-state index < -0.39 is 11.8 Å². The van der Waals surface area contributed by atoms with Crippen LogP contribution in [0.2, 0.25) is 0 Å². The Bertz CT molecular complexity index is 1120. The highest BCUT2D eigenvalue weighted by molar-refractivity contribution is 7.99. The number of rotatable bonds is 11. The van der Waals surface area contributed by atoms with Gasteiger partial charge in [-0.05, 0) is 24.3 Å². The first-order valence-corrected chi connectivity index (χ1v) is 11.1. The van der Waals surface area contributed by atoms with E-state index in [-0.39, 0.29) is 18.3 Å². The highest BCUT2D eigenvalue weighted by Gasteiger charge is 2.20. The molecule has 0 fully saturated rings. The fourth-order valence-electron chi connectivity index (χ4n) is 2.98. The van der Waals surface area contributed by atoms with Crippen LogP contribution >= 0.6 is 11.8 Å². The number of hydrogen-bond acceptors (Lipinski definition) is 6. The van der Waals surface area contributed by atoms with Gasteiger partial charge in [0.2, 0.25) is 0 Å². The molecule has 0 atom stereocenters. The highest BCUT2D eigenvalue weighted by atomic mass is 32.2. The summed E-state index contributed by atoms with van der Waals surface area (Å²) in [4.78, 5) is 25.9. The second kappa shape index (κ2) is 11.8. The zero-order valence-corrected chi connectivity index (χ0v) is 18.7. The van der Waals surface area contributed by atoms with E-state index in [1.807, 2.05) is 30.3 Å². The number of halogens is 1. The summed E-state index contributed by atoms with van der Waals surface area (Å²) in [5.74, 6) is -1.14. The highest BCUT2D eigenvalue weighted by Crippen LogP contribution is 2.29. The lowest BCUT2D eigenvalue weighted by Gasteiger charge is -2.18. The van der Waals surface area contributed by atoms with Crippen molar-refractivity contribution in [2.24, 2.45) is 0 Å². The molecular formula is C24H23FN4O3S. The number of hydrogen-bond donors (Lipinski definition) is 0. The lowest BCUT2D eigenvalue weighted by atomic mass is 10.2. The molecule has 0 aliphatic carbocycles. The third-order valence-electron chi connectivity index (χ3n) is 4.49. The maximum atomic E-state index is 14.4. The number of aromatic nitrogens is 3. The maximum Gasteiger partial charge on any atom is 0.316 e.